The average Bonchev–Trinajstić information content (AvgIpc) is 2.10. The highest BCUT2D eigenvalue weighted by atomic mass is 14.8. The zero-order valence-corrected chi connectivity index (χ0v) is 8.18. The van der Waals surface area contributed by atoms with Gasteiger partial charge in [0.15, 0.2) is 0 Å². The molecule has 0 spiro atoms. The molecule has 0 saturated carbocycles. The van der Waals surface area contributed by atoms with Crippen LogP contribution in [-0.2, 0) is 0 Å². The number of hydrogen-bond acceptors (Lipinski definition) is 2. The zero-order chi connectivity index (χ0) is 9.07. The fourth-order valence-corrected chi connectivity index (χ4v) is 1.16. The molecule has 0 heterocycles. The van der Waals surface area contributed by atoms with Crippen LogP contribution in [-0.4, -0.2) is 6.54 Å². The summed E-state index contributed by atoms with van der Waals surface area (Å²) >= 11 is 0. The summed E-state index contributed by atoms with van der Waals surface area (Å²) in [5.74, 6) is 0. The molecule has 2 heteroatoms. The summed E-state index contributed by atoms with van der Waals surface area (Å²) in [7, 11) is 0. The van der Waals surface area contributed by atoms with E-state index in [0.717, 1.165) is 6.54 Å². The van der Waals surface area contributed by atoms with Gasteiger partial charge in [-0.2, -0.15) is 0 Å². The van der Waals surface area contributed by atoms with E-state index in [1.807, 2.05) is 0 Å². The van der Waals surface area contributed by atoms with Crippen LogP contribution in [0, 0.1) is 0 Å². The standard InChI is InChI=1S/C10H22N2/c1-2-3-4-5-6-7-9-12-10-8-11/h8,10,12H,2-7,9,11H2,1H3/b10-8-. The van der Waals surface area contributed by atoms with Gasteiger partial charge in [0.25, 0.3) is 0 Å². The third-order valence-corrected chi connectivity index (χ3v) is 1.89. The molecule has 0 atom stereocenters. The predicted molar refractivity (Wildman–Crippen MR) is 54.7 cm³/mol. The van der Waals surface area contributed by atoms with Crippen LogP contribution in [0.25, 0.3) is 0 Å². The van der Waals surface area contributed by atoms with Crippen molar-refractivity contribution < 1.29 is 0 Å². The maximum absolute atomic E-state index is 5.17. The molecule has 2 nitrogen and oxygen atoms in total. The van der Waals surface area contributed by atoms with Gasteiger partial charge in [0.05, 0.1) is 0 Å². The minimum atomic E-state index is 1.06. The SMILES string of the molecule is CCCCCCCCN/C=C\N. The van der Waals surface area contributed by atoms with Gasteiger partial charge < -0.3 is 11.1 Å². The minimum absolute atomic E-state index is 1.06. The second-order valence-electron chi connectivity index (χ2n) is 3.08. The van der Waals surface area contributed by atoms with Crippen LogP contribution in [0.5, 0.6) is 0 Å². The summed E-state index contributed by atoms with van der Waals surface area (Å²) in [5.41, 5.74) is 5.17. The van der Waals surface area contributed by atoms with Crippen LogP contribution in [0.3, 0.4) is 0 Å². The summed E-state index contributed by atoms with van der Waals surface area (Å²) in [6.07, 6.45) is 11.4. The van der Waals surface area contributed by atoms with E-state index in [9.17, 15) is 0 Å². The van der Waals surface area contributed by atoms with Crippen molar-refractivity contribution in [2.75, 3.05) is 6.54 Å². The molecular formula is C10H22N2. The average molecular weight is 170 g/mol. The first-order valence-electron chi connectivity index (χ1n) is 5.02. The molecule has 72 valence electrons. The molecule has 0 rings (SSSR count). The smallest absolute Gasteiger partial charge is 0.0141 e. The quantitative estimate of drug-likeness (QED) is 0.549. The molecule has 0 radical (unpaired) electrons. The van der Waals surface area contributed by atoms with Gasteiger partial charge in [-0.05, 0) is 6.42 Å². The van der Waals surface area contributed by atoms with Gasteiger partial charge in [0.2, 0.25) is 0 Å². The largest absolute Gasteiger partial charge is 0.403 e. The lowest BCUT2D eigenvalue weighted by molar-refractivity contribution is 0.598. The Labute approximate surface area is 76.2 Å². The Balaban J connectivity index is 2.81. The second-order valence-corrected chi connectivity index (χ2v) is 3.08. The number of nitrogens with one attached hydrogen (secondary N) is 1. The Bertz CT molecular complexity index is 100. The van der Waals surface area contributed by atoms with E-state index in [2.05, 4.69) is 12.2 Å². The Kier molecular flexibility index (Phi) is 9.77. The summed E-state index contributed by atoms with van der Waals surface area (Å²) in [4.78, 5) is 0. The molecule has 0 aromatic carbocycles. The number of rotatable bonds is 8. The maximum atomic E-state index is 5.17. The molecule has 3 N–H and O–H groups in total. The zero-order valence-electron chi connectivity index (χ0n) is 8.18. The fourth-order valence-electron chi connectivity index (χ4n) is 1.16. The Morgan fingerprint density at radius 2 is 1.75 bits per heavy atom. The van der Waals surface area contributed by atoms with Gasteiger partial charge in [-0.1, -0.05) is 39.0 Å². The summed E-state index contributed by atoms with van der Waals surface area (Å²) in [6, 6.07) is 0. The van der Waals surface area contributed by atoms with E-state index in [1.165, 1.54) is 44.7 Å². The first-order valence-corrected chi connectivity index (χ1v) is 5.02. The normalized spacial score (nSPS) is 10.8. The van der Waals surface area contributed by atoms with E-state index < -0.39 is 0 Å². The molecule has 0 saturated heterocycles. The third-order valence-electron chi connectivity index (χ3n) is 1.89. The molecule has 0 amide bonds. The molecule has 0 aliphatic rings. The minimum Gasteiger partial charge on any atom is -0.403 e. The Hall–Kier alpha value is -0.660. The van der Waals surface area contributed by atoms with Crippen molar-refractivity contribution in [3.05, 3.63) is 12.4 Å². The van der Waals surface area contributed by atoms with Crippen LogP contribution in [0.1, 0.15) is 45.4 Å². The first kappa shape index (κ1) is 11.3. The van der Waals surface area contributed by atoms with E-state index in [-0.39, 0.29) is 0 Å². The van der Waals surface area contributed by atoms with Crippen LogP contribution in [0.15, 0.2) is 12.4 Å². The molecule has 0 bridgehead atoms. The summed E-state index contributed by atoms with van der Waals surface area (Å²) in [6.45, 7) is 3.30. The van der Waals surface area contributed by atoms with Crippen LogP contribution in [0.2, 0.25) is 0 Å². The van der Waals surface area contributed by atoms with E-state index in [1.54, 1.807) is 6.20 Å². The molecule has 0 aromatic heterocycles. The highest BCUT2D eigenvalue weighted by Crippen LogP contribution is 2.03. The third kappa shape index (κ3) is 9.34. The van der Waals surface area contributed by atoms with Crippen molar-refractivity contribution in [3.8, 4) is 0 Å². The van der Waals surface area contributed by atoms with Crippen LogP contribution in [0.4, 0.5) is 0 Å². The second kappa shape index (κ2) is 10.3. The van der Waals surface area contributed by atoms with Crippen molar-refractivity contribution in [2.45, 2.75) is 45.4 Å². The molecule has 0 aliphatic heterocycles. The van der Waals surface area contributed by atoms with Crippen LogP contribution >= 0.6 is 0 Å². The molecule has 0 aliphatic carbocycles. The summed E-state index contributed by atoms with van der Waals surface area (Å²) < 4.78 is 0. The van der Waals surface area contributed by atoms with E-state index in [4.69, 9.17) is 5.73 Å². The Morgan fingerprint density at radius 3 is 2.42 bits per heavy atom. The maximum Gasteiger partial charge on any atom is 0.0141 e. The van der Waals surface area contributed by atoms with Crippen LogP contribution < -0.4 is 11.1 Å². The van der Waals surface area contributed by atoms with Crippen molar-refractivity contribution >= 4 is 0 Å². The lowest BCUT2D eigenvalue weighted by atomic mass is 10.1. The van der Waals surface area contributed by atoms with E-state index in [0.29, 0.717) is 0 Å². The van der Waals surface area contributed by atoms with Crippen molar-refractivity contribution in [2.24, 2.45) is 5.73 Å². The van der Waals surface area contributed by atoms with Gasteiger partial charge in [-0.25, -0.2) is 0 Å². The number of hydrogen-bond donors (Lipinski definition) is 2. The van der Waals surface area contributed by atoms with E-state index >= 15 is 0 Å². The molecular weight excluding hydrogens is 148 g/mol. The summed E-state index contributed by atoms with van der Waals surface area (Å²) in [5, 5.41) is 3.12. The predicted octanol–water partition coefficient (Wildman–Crippen LogP) is 2.37. The van der Waals surface area contributed by atoms with Crippen molar-refractivity contribution in [1.29, 1.82) is 0 Å². The fraction of sp³-hybridized carbons (Fsp3) is 0.800. The van der Waals surface area contributed by atoms with Gasteiger partial charge in [0.1, 0.15) is 0 Å². The van der Waals surface area contributed by atoms with Gasteiger partial charge in [-0.15, -0.1) is 0 Å². The monoisotopic (exact) mass is 170 g/mol. The topological polar surface area (TPSA) is 38.0 Å². The molecule has 12 heavy (non-hydrogen) atoms. The van der Waals surface area contributed by atoms with Crippen molar-refractivity contribution in [1.82, 2.24) is 5.32 Å². The van der Waals surface area contributed by atoms with Gasteiger partial charge >= 0.3 is 0 Å². The lowest BCUT2D eigenvalue weighted by Gasteiger charge is -2.00. The highest BCUT2D eigenvalue weighted by molar-refractivity contribution is 4.71. The molecule has 0 unspecified atom stereocenters. The van der Waals surface area contributed by atoms with Gasteiger partial charge in [-0.3, -0.25) is 0 Å². The number of unbranched alkanes of at least 4 members (excludes halogenated alkanes) is 5. The molecule has 0 fully saturated rings. The highest BCUT2D eigenvalue weighted by Gasteiger charge is 1.87. The first-order chi connectivity index (χ1) is 5.91. The molecule has 0 aromatic rings. The van der Waals surface area contributed by atoms with Crippen molar-refractivity contribution in [3.63, 3.8) is 0 Å². The lowest BCUT2D eigenvalue weighted by Crippen LogP contribution is -2.07. The van der Waals surface area contributed by atoms with Gasteiger partial charge in [0, 0.05) is 18.9 Å². The Morgan fingerprint density at radius 1 is 1.08 bits per heavy atom. The number of nitrogens with two attached hydrogens (primary N) is 1.